The Morgan fingerprint density at radius 1 is 1.28 bits per heavy atom. The number of nitrogens with zero attached hydrogens (tertiary/aromatic N) is 2. The van der Waals surface area contributed by atoms with Gasteiger partial charge in [-0.2, -0.15) is 5.26 Å². The molecule has 3 heteroatoms. The highest BCUT2D eigenvalue weighted by Gasteiger charge is 2.16. The Bertz CT molecular complexity index is 367. The van der Waals surface area contributed by atoms with Crippen LogP contribution in [0.15, 0.2) is 30.3 Å². The summed E-state index contributed by atoms with van der Waals surface area (Å²) in [5.74, 6) is 1.02. The monoisotopic (exact) mass is 245 g/mol. The van der Waals surface area contributed by atoms with E-state index in [9.17, 15) is 0 Å². The van der Waals surface area contributed by atoms with Crippen LogP contribution in [0.4, 0.5) is 5.69 Å². The lowest BCUT2D eigenvalue weighted by atomic mass is 9.95. The fourth-order valence-corrected chi connectivity index (χ4v) is 1.99. The van der Waals surface area contributed by atoms with Crippen LogP contribution in [0.5, 0.6) is 0 Å². The van der Waals surface area contributed by atoms with Gasteiger partial charge in [-0.1, -0.05) is 32.0 Å². The van der Waals surface area contributed by atoms with Crippen molar-refractivity contribution in [1.82, 2.24) is 0 Å². The van der Waals surface area contributed by atoms with Gasteiger partial charge in [-0.25, -0.2) is 0 Å². The highest BCUT2D eigenvalue weighted by molar-refractivity contribution is 5.46. The van der Waals surface area contributed by atoms with Gasteiger partial charge >= 0.3 is 0 Å². The van der Waals surface area contributed by atoms with Crippen LogP contribution >= 0.6 is 0 Å². The van der Waals surface area contributed by atoms with Gasteiger partial charge in [0, 0.05) is 18.8 Å². The molecule has 3 nitrogen and oxygen atoms in total. The van der Waals surface area contributed by atoms with E-state index in [0.29, 0.717) is 24.8 Å². The van der Waals surface area contributed by atoms with Crippen molar-refractivity contribution in [1.29, 1.82) is 5.26 Å². The average molecular weight is 245 g/mol. The molecular formula is C15H23N3. The molecule has 0 spiro atoms. The second-order valence-corrected chi connectivity index (χ2v) is 4.93. The van der Waals surface area contributed by atoms with Crippen LogP contribution in [-0.2, 0) is 0 Å². The van der Waals surface area contributed by atoms with Crippen molar-refractivity contribution >= 4 is 5.69 Å². The second kappa shape index (κ2) is 7.73. The van der Waals surface area contributed by atoms with E-state index in [4.69, 9.17) is 11.0 Å². The van der Waals surface area contributed by atoms with E-state index < -0.39 is 0 Å². The minimum absolute atomic E-state index is 0.462. The van der Waals surface area contributed by atoms with E-state index in [1.54, 1.807) is 0 Å². The van der Waals surface area contributed by atoms with E-state index in [1.807, 2.05) is 18.2 Å². The molecule has 0 aliphatic heterocycles. The Balaban J connectivity index is 2.76. The third-order valence-electron chi connectivity index (χ3n) is 3.32. The number of para-hydroxylation sites is 1. The summed E-state index contributed by atoms with van der Waals surface area (Å²) < 4.78 is 0. The van der Waals surface area contributed by atoms with Gasteiger partial charge in [-0.3, -0.25) is 0 Å². The van der Waals surface area contributed by atoms with Gasteiger partial charge in [0.2, 0.25) is 0 Å². The first kappa shape index (κ1) is 14.5. The maximum atomic E-state index is 8.76. The molecule has 0 bridgehead atoms. The molecule has 1 aromatic rings. The first-order valence-corrected chi connectivity index (χ1v) is 6.56. The fourth-order valence-electron chi connectivity index (χ4n) is 1.99. The predicted molar refractivity (Wildman–Crippen MR) is 76.3 cm³/mol. The Kier molecular flexibility index (Phi) is 6.24. The Morgan fingerprint density at radius 3 is 2.44 bits per heavy atom. The van der Waals surface area contributed by atoms with Crippen molar-refractivity contribution in [2.24, 2.45) is 17.6 Å². The predicted octanol–water partition coefficient (Wildman–Crippen LogP) is 2.64. The molecule has 0 saturated carbocycles. The first-order chi connectivity index (χ1) is 8.69. The summed E-state index contributed by atoms with van der Waals surface area (Å²) in [6, 6.07) is 12.5. The molecule has 18 heavy (non-hydrogen) atoms. The maximum Gasteiger partial charge on any atom is 0.0640 e. The SMILES string of the molecule is CC(C)C(CN)CN(CCC#N)c1ccccc1. The van der Waals surface area contributed by atoms with Gasteiger partial charge in [0.25, 0.3) is 0 Å². The fraction of sp³-hybridized carbons (Fsp3) is 0.533. The Labute approximate surface area is 110 Å². The summed E-state index contributed by atoms with van der Waals surface area (Å²) in [7, 11) is 0. The summed E-state index contributed by atoms with van der Waals surface area (Å²) in [6.07, 6.45) is 0.546. The molecule has 0 aliphatic rings. The number of nitriles is 1. The zero-order valence-corrected chi connectivity index (χ0v) is 11.3. The van der Waals surface area contributed by atoms with Crippen LogP contribution in [0.2, 0.25) is 0 Å². The minimum Gasteiger partial charge on any atom is -0.370 e. The summed E-state index contributed by atoms with van der Waals surface area (Å²) in [4.78, 5) is 2.26. The number of anilines is 1. The molecule has 0 amide bonds. The molecule has 1 atom stereocenters. The molecule has 2 N–H and O–H groups in total. The molecule has 0 fully saturated rings. The number of hydrogen-bond acceptors (Lipinski definition) is 3. The van der Waals surface area contributed by atoms with Gasteiger partial charge in [-0.15, -0.1) is 0 Å². The summed E-state index contributed by atoms with van der Waals surface area (Å²) >= 11 is 0. The van der Waals surface area contributed by atoms with Gasteiger partial charge in [0.15, 0.2) is 0 Å². The van der Waals surface area contributed by atoms with Gasteiger partial charge in [0.1, 0.15) is 0 Å². The maximum absolute atomic E-state index is 8.76. The van der Waals surface area contributed by atoms with Crippen LogP contribution in [-0.4, -0.2) is 19.6 Å². The van der Waals surface area contributed by atoms with Crippen LogP contribution in [0.25, 0.3) is 0 Å². The van der Waals surface area contributed by atoms with Crippen LogP contribution in [0.3, 0.4) is 0 Å². The zero-order chi connectivity index (χ0) is 13.4. The third-order valence-corrected chi connectivity index (χ3v) is 3.32. The minimum atomic E-state index is 0.462. The molecule has 0 aliphatic carbocycles. The normalized spacial score (nSPS) is 12.2. The highest BCUT2D eigenvalue weighted by Crippen LogP contribution is 2.18. The topological polar surface area (TPSA) is 53.0 Å². The van der Waals surface area contributed by atoms with Gasteiger partial charge in [0.05, 0.1) is 12.5 Å². The number of hydrogen-bond donors (Lipinski definition) is 1. The number of rotatable bonds is 7. The van der Waals surface area contributed by atoms with E-state index >= 15 is 0 Å². The van der Waals surface area contributed by atoms with Crippen LogP contribution < -0.4 is 10.6 Å². The van der Waals surface area contributed by atoms with Gasteiger partial charge in [-0.05, 0) is 30.5 Å². The molecule has 1 unspecified atom stereocenters. The summed E-state index contributed by atoms with van der Waals surface area (Å²) in [5, 5.41) is 8.76. The summed E-state index contributed by atoms with van der Waals surface area (Å²) in [5.41, 5.74) is 7.01. The van der Waals surface area contributed by atoms with E-state index in [2.05, 4.69) is 36.9 Å². The zero-order valence-electron chi connectivity index (χ0n) is 11.3. The lowest BCUT2D eigenvalue weighted by Gasteiger charge is -2.30. The highest BCUT2D eigenvalue weighted by atomic mass is 15.1. The molecule has 0 aromatic heterocycles. The lowest BCUT2D eigenvalue weighted by molar-refractivity contribution is 0.392. The molecular weight excluding hydrogens is 222 g/mol. The van der Waals surface area contributed by atoms with Crippen molar-refractivity contribution in [3.8, 4) is 6.07 Å². The van der Waals surface area contributed by atoms with E-state index in [0.717, 1.165) is 13.1 Å². The largest absolute Gasteiger partial charge is 0.370 e. The Morgan fingerprint density at radius 2 is 1.94 bits per heavy atom. The molecule has 1 rings (SSSR count). The van der Waals surface area contributed by atoms with Crippen molar-refractivity contribution in [3.63, 3.8) is 0 Å². The molecule has 0 heterocycles. The second-order valence-electron chi connectivity index (χ2n) is 4.93. The standard InChI is InChI=1S/C15H23N3/c1-13(2)14(11-17)12-18(10-6-9-16)15-7-4-3-5-8-15/h3-5,7-8,13-14H,6,10-12,17H2,1-2H3. The third kappa shape index (κ3) is 4.38. The molecule has 0 saturated heterocycles. The molecule has 0 radical (unpaired) electrons. The van der Waals surface area contributed by atoms with Crippen molar-refractivity contribution < 1.29 is 0 Å². The lowest BCUT2D eigenvalue weighted by Crippen LogP contribution is -2.36. The van der Waals surface area contributed by atoms with Crippen LogP contribution in [0, 0.1) is 23.2 Å². The van der Waals surface area contributed by atoms with E-state index in [1.165, 1.54) is 5.69 Å². The quantitative estimate of drug-likeness (QED) is 0.803. The number of benzene rings is 1. The van der Waals surface area contributed by atoms with Crippen molar-refractivity contribution in [2.75, 3.05) is 24.5 Å². The molecule has 1 aromatic carbocycles. The smallest absolute Gasteiger partial charge is 0.0640 e. The van der Waals surface area contributed by atoms with Crippen molar-refractivity contribution in [2.45, 2.75) is 20.3 Å². The van der Waals surface area contributed by atoms with Crippen LogP contribution in [0.1, 0.15) is 20.3 Å². The molecule has 98 valence electrons. The first-order valence-electron chi connectivity index (χ1n) is 6.56. The van der Waals surface area contributed by atoms with Crippen molar-refractivity contribution in [3.05, 3.63) is 30.3 Å². The van der Waals surface area contributed by atoms with E-state index in [-0.39, 0.29) is 0 Å². The number of nitrogens with two attached hydrogens (primary N) is 1. The Hall–Kier alpha value is -1.53. The van der Waals surface area contributed by atoms with Gasteiger partial charge < -0.3 is 10.6 Å². The summed E-state index contributed by atoms with van der Waals surface area (Å²) in [6.45, 7) is 6.77. The average Bonchev–Trinajstić information content (AvgIpc) is 2.39.